The first-order valence-electron chi connectivity index (χ1n) is 9.69. The van der Waals surface area contributed by atoms with Crippen LogP contribution in [0, 0.1) is 0 Å². The summed E-state index contributed by atoms with van der Waals surface area (Å²) in [7, 11) is 3.30. The minimum Gasteiger partial charge on any atom is -0.497 e. The second kappa shape index (κ2) is 9.93. The lowest BCUT2D eigenvalue weighted by Gasteiger charge is -2.33. The van der Waals surface area contributed by atoms with Gasteiger partial charge in [0.15, 0.2) is 0 Å². The van der Waals surface area contributed by atoms with Gasteiger partial charge in [-0.05, 0) is 55.3 Å². The molecule has 0 bridgehead atoms. The molecule has 2 aromatic rings. The van der Waals surface area contributed by atoms with E-state index in [0.717, 1.165) is 31.6 Å². The summed E-state index contributed by atoms with van der Waals surface area (Å²) < 4.78 is 10.5. The first kappa shape index (κ1) is 20.7. The van der Waals surface area contributed by atoms with Gasteiger partial charge in [-0.25, -0.2) is 0 Å². The van der Waals surface area contributed by atoms with Gasteiger partial charge in [-0.3, -0.25) is 9.59 Å². The highest BCUT2D eigenvalue weighted by molar-refractivity contribution is 5.99. The number of amides is 2. The van der Waals surface area contributed by atoms with Gasteiger partial charge >= 0.3 is 0 Å². The Balaban J connectivity index is 1.47. The fourth-order valence-electron chi connectivity index (χ4n) is 3.34. The summed E-state index contributed by atoms with van der Waals surface area (Å²) in [6, 6.07) is 14.5. The molecule has 0 aromatic heterocycles. The van der Waals surface area contributed by atoms with E-state index in [-0.39, 0.29) is 18.4 Å². The third-order valence-corrected chi connectivity index (χ3v) is 5.03. The molecule has 29 heavy (non-hydrogen) atoms. The summed E-state index contributed by atoms with van der Waals surface area (Å²) in [4.78, 5) is 26.6. The summed E-state index contributed by atoms with van der Waals surface area (Å²) >= 11 is 0. The molecule has 0 spiro atoms. The largest absolute Gasteiger partial charge is 0.497 e. The molecule has 1 aliphatic rings. The lowest BCUT2D eigenvalue weighted by atomic mass is 10.1. The van der Waals surface area contributed by atoms with E-state index in [0.29, 0.717) is 23.1 Å². The monoisotopic (exact) mass is 397 g/mol. The minimum absolute atomic E-state index is 0.109. The van der Waals surface area contributed by atoms with Gasteiger partial charge in [-0.15, -0.1) is 0 Å². The van der Waals surface area contributed by atoms with Crippen molar-refractivity contribution in [2.24, 2.45) is 0 Å². The molecule has 154 valence electrons. The number of anilines is 2. The van der Waals surface area contributed by atoms with Crippen LogP contribution in [0.15, 0.2) is 48.5 Å². The topological polar surface area (TPSA) is 79.9 Å². The summed E-state index contributed by atoms with van der Waals surface area (Å²) in [5.41, 5.74) is 2.27. The first-order valence-corrected chi connectivity index (χ1v) is 9.69. The smallest absolute Gasteiger partial charge is 0.251 e. The average Bonchev–Trinajstić information content (AvgIpc) is 2.78. The fraction of sp³-hybridized carbons (Fsp3) is 0.364. The molecule has 3 rings (SSSR count). The van der Waals surface area contributed by atoms with Gasteiger partial charge < -0.3 is 25.0 Å². The summed E-state index contributed by atoms with van der Waals surface area (Å²) in [6.07, 6.45) is 2.38. The van der Waals surface area contributed by atoms with Crippen molar-refractivity contribution in [1.82, 2.24) is 5.32 Å². The predicted molar refractivity (Wildman–Crippen MR) is 113 cm³/mol. The number of nitrogens with one attached hydrogen (secondary N) is 2. The van der Waals surface area contributed by atoms with Gasteiger partial charge in [0, 0.05) is 37.1 Å². The van der Waals surface area contributed by atoms with E-state index < -0.39 is 0 Å². The van der Waals surface area contributed by atoms with Crippen molar-refractivity contribution in [3.05, 3.63) is 54.1 Å². The van der Waals surface area contributed by atoms with E-state index >= 15 is 0 Å². The lowest BCUT2D eigenvalue weighted by Crippen LogP contribution is -2.36. The van der Waals surface area contributed by atoms with E-state index in [1.807, 2.05) is 24.3 Å². The quantitative estimate of drug-likeness (QED) is 0.751. The van der Waals surface area contributed by atoms with Crippen molar-refractivity contribution in [1.29, 1.82) is 0 Å². The molecule has 7 heteroatoms. The van der Waals surface area contributed by atoms with Crippen LogP contribution in [0.25, 0.3) is 0 Å². The van der Waals surface area contributed by atoms with Crippen LogP contribution in [0.2, 0.25) is 0 Å². The van der Waals surface area contributed by atoms with Crippen molar-refractivity contribution in [2.45, 2.75) is 18.9 Å². The van der Waals surface area contributed by atoms with Crippen molar-refractivity contribution in [3.63, 3.8) is 0 Å². The zero-order valence-corrected chi connectivity index (χ0v) is 16.8. The highest BCUT2D eigenvalue weighted by Crippen LogP contribution is 2.23. The molecule has 0 unspecified atom stereocenters. The second-order valence-electron chi connectivity index (χ2n) is 6.93. The maximum absolute atomic E-state index is 12.2. The number of hydrogen-bond acceptors (Lipinski definition) is 5. The Bertz CT molecular complexity index is 830. The van der Waals surface area contributed by atoms with Crippen LogP contribution in [0.3, 0.4) is 0 Å². The minimum atomic E-state index is -0.325. The molecule has 0 atom stereocenters. The summed E-state index contributed by atoms with van der Waals surface area (Å²) in [5, 5.41) is 5.42. The lowest BCUT2D eigenvalue weighted by molar-refractivity contribution is -0.115. The maximum atomic E-state index is 12.2. The van der Waals surface area contributed by atoms with Crippen molar-refractivity contribution < 1.29 is 19.1 Å². The fourth-order valence-corrected chi connectivity index (χ4v) is 3.34. The van der Waals surface area contributed by atoms with Crippen molar-refractivity contribution >= 4 is 23.2 Å². The number of benzene rings is 2. The number of carbonyl (C=O) groups is 2. The third-order valence-electron chi connectivity index (χ3n) is 5.03. The molecule has 2 aromatic carbocycles. The molecule has 0 radical (unpaired) electrons. The SMILES string of the molecule is COc1cccc(C(=O)NCC(=O)Nc2ccc(N3CCC(OC)CC3)cc2)c1. The molecular weight excluding hydrogens is 370 g/mol. The zero-order valence-electron chi connectivity index (χ0n) is 16.8. The van der Waals surface area contributed by atoms with E-state index in [2.05, 4.69) is 15.5 Å². The Kier molecular flexibility index (Phi) is 7.08. The van der Waals surface area contributed by atoms with Crippen LogP contribution in [0.5, 0.6) is 5.75 Å². The molecular formula is C22H27N3O4. The van der Waals surface area contributed by atoms with E-state index in [1.54, 1.807) is 31.4 Å². The standard InChI is InChI=1S/C22H27N3O4/c1-28-19-10-12-25(13-11-19)18-8-6-17(7-9-18)24-21(26)15-23-22(27)16-4-3-5-20(14-16)29-2/h3-9,14,19H,10-13,15H2,1-2H3,(H,23,27)(H,24,26). The number of rotatable bonds is 7. The predicted octanol–water partition coefficient (Wildman–Crippen LogP) is 2.68. The third kappa shape index (κ3) is 5.71. The Labute approximate surface area is 171 Å². The molecule has 7 nitrogen and oxygen atoms in total. The van der Waals surface area contributed by atoms with Crippen molar-refractivity contribution in [3.8, 4) is 5.75 Å². The normalized spacial score (nSPS) is 14.3. The van der Waals surface area contributed by atoms with Gasteiger partial charge in [0.1, 0.15) is 5.75 Å². The average molecular weight is 397 g/mol. The Morgan fingerprint density at radius 3 is 2.45 bits per heavy atom. The highest BCUT2D eigenvalue weighted by Gasteiger charge is 2.18. The highest BCUT2D eigenvalue weighted by atomic mass is 16.5. The van der Waals surface area contributed by atoms with Crippen LogP contribution in [-0.4, -0.2) is 51.8 Å². The Morgan fingerprint density at radius 1 is 1.07 bits per heavy atom. The van der Waals surface area contributed by atoms with Gasteiger partial charge in [0.25, 0.3) is 5.91 Å². The molecule has 1 heterocycles. The first-order chi connectivity index (χ1) is 14.1. The number of ether oxygens (including phenoxy) is 2. The summed E-state index contributed by atoms with van der Waals surface area (Å²) in [5.74, 6) is -0.0163. The van der Waals surface area contributed by atoms with Gasteiger partial charge in [0.2, 0.25) is 5.91 Å². The van der Waals surface area contributed by atoms with Crippen LogP contribution in [0.1, 0.15) is 23.2 Å². The van der Waals surface area contributed by atoms with Crippen LogP contribution in [0.4, 0.5) is 11.4 Å². The number of hydrogen-bond donors (Lipinski definition) is 2. The summed E-state index contributed by atoms with van der Waals surface area (Å²) in [6.45, 7) is 1.81. The molecule has 1 aliphatic heterocycles. The maximum Gasteiger partial charge on any atom is 0.251 e. The molecule has 0 saturated carbocycles. The van der Waals surface area contributed by atoms with Crippen molar-refractivity contribution in [2.75, 3.05) is 44.1 Å². The van der Waals surface area contributed by atoms with Crippen LogP contribution in [-0.2, 0) is 9.53 Å². The van der Waals surface area contributed by atoms with E-state index in [1.165, 1.54) is 7.11 Å². The molecule has 0 aliphatic carbocycles. The van der Waals surface area contributed by atoms with Crippen LogP contribution < -0.4 is 20.3 Å². The van der Waals surface area contributed by atoms with Crippen LogP contribution >= 0.6 is 0 Å². The van der Waals surface area contributed by atoms with E-state index in [4.69, 9.17) is 9.47 Å². The van der Waals surface area contributed by atoms with E-state index in [9.17, 15) is 9.59 Å². The number of piperidine rings is 1. The number of methoxy groups -OCH3 is 2. The van der Waals surface area contributed by atoms with Gasteiger partial charge in [-0.1, -0.05) is 6.07 Å². The molecule has 1 fully saturated rings. The second-order valence-corrected chi connectivity index (χ2v) is 6.93. The molecule has 1 saturated heterocycles. The number of nitrogens with zero attached hydrogens (tertiary/aromatic N) is 1. The zero-order chi connectivity index (χ0) is 20.6. The molecule has 2 amide bonds. The number of carbonyl (C=O) groups excluding carboxylic acids is 2. The van der Waals surface area contributed by atoms with Gasteiger partial charge in [-0.2, -0.15) is 0 Å². The Hall–Kier alpha value is -3.06. The van der Waals surface area contributed by atoms with Gasteiger partial charge in [0.05, 0.1) is 19.8 Å². The molecule has 2 N–H and O–H groups in total. The Morgan fingerprint density at radius 2 is 1.79 bits per heavy atom.